The standard InChI is InChI=1S/C28H33N5O3/c1-19-24(20(2)30-18-29-19)25(34)32-14-21-12-31(13-22(21)15-32)11-10-27(23-6-4-3-5-7-23)16-33(17-27)26(35)28(36)8-9-28/h3-7,12,18,22,36H,8-11,13-17H2,1-2H3. The lowest BCUT2D eigenvalue weighted by atomic mass is 9.71. The zero-order valence-corrected chi connectivity index (χ0v) is 21.0. The Morgan fingerprint density at radius 3 is 2.36 bits per heavy atom. The molecular formula is C28H33N5O3. The molecule has 1 unspecified atom stereocenters. The van der Waals surface area contributed by atoms with E-state index in [2.05, 4.69) is 45.3 Å². The van der Waals surface area contributed by atoms with Crippen LogP contribution in [0.1, 0.15) is 46.6 Å². The van der Waals surface area contributed by atoms with Gasteiger partial charge >= 0.3 is 0 Å². The fourth-order valence-electron chi connectivity index (χ4n) is 6.15. The minimum absolute atomic E-state index is 0.0204. The number of carbonyl (C=O) groups is 2. The quantitative estimate of drug-likeness (QED) is 0.671. The number of aromatic nitrogens is 2. The maximum Gasteiger partial charge on any atom is 0.257 e. The average Bonchev–Trinajstić information content (AvgIpc) is 3.29. The molecule has 3 aliphatic heterocycles. The second-order valence-corrected chi connectivity index (χ2v) is 11.1. The van der Waals surface area contributed by atoms with Crippen LogP contribution >= 0.6 is 0 Å². The molecule has 0 spiro atoms. The van der Waals surface area contributed by atoms with E-state index in [0.29, 0.717) is 44.0 Å². The molecule has 1 atom stereocenters. The van der Waals surface area contributed by atoms with E-state index < -0.39 is 5.60 Å². The normalized spacial score (nSPS) is 23.2. The van der Waals surface area contributed by atoms with Gasteiger partial charge in [0.2, 0.25) is 0 Å². The van der Waals surface area contributed by atoms with Crippen molar-refractivity contribution in [1.29, 1.82) is 0 Å². The molecule has 4 aliphatic rings. The lowest BCUT2D eigenvalue weighted by Gasteiger charge is -2.52. The first kappa shape index (κ1) is 23.2. The van der Waals surface area contributed by atoms with Crippen LogP contribution in [0, 0.1) is 19.8 Å². The summed E-state index contributed by atoms with van der Waals surface area (Å²) in [6.45, 7) is 8.23. The summed E-state index contributed by atoms with van der Waals surface area (Å²) in [4.78, 5) is 40.4. The first-order valence-electron chi connectivity index (χ1n) is 12.9. The second kappa shape index (κ2) is 8.40. The fourth-order valence-corrected chi connectivity index (χ4v) is 6.15. The Hall–Kier alpha value is -3.26. The highest BCUT2D eigenvalue weighted by Crippen LogP contribution is 2.44. The zero-order chi connectivity index (χ0) is 25.1. The van der Waals surface area contributed by atoms with E-state index >= 15 is 0 Å². The molecule has 4 heterocycles. The van der Waals surface area contributed by atoms with Gasteiger partial charge in [-0.2, -0.15) is 0 Å². The Balaban J connectivity index is 1.11. The van der Waals surface area contributed by atoms with Crippen LogP contribution in [0.25, 0.3) is 0 Å². The van der Waals surface area contributed by atoms with Crippen LogP contribution in [-0.4, -0.2) is 86.5 Å². The Labute approximate surface area is 211 Å². The Morgan fingerprint density at radius 2 is 1.72 bits per heavy atom. The van der Waals surface area contributed by atoms with Crippen LogP contribution in [0.15, 0.2) is 48.4 Å². The number of nitrogens with zero attached hydrogens (tertiary/aromatic N) is 5. The number of aryl methyl sites for hydroxylation is 2. The van der Waals surface area contributed by atoms with Crippen LogP contribution in [0.5, 0.6) is 0 Å². The zero-order valence-electron chi connectivity index (χ0n) is 21.0. The molecule has 36 heavy (non-hydrogen) atoms. The largest absolute Gasteiger partial charge is 0.380 e. The van der Waals surface area contributed by atoms with Gasteiger partial charge in [0.25, 0.3) is 11.8 Å². The Bertz CT molecular complexity index is 1210. The SMILES string of the molecule is Cc1ncnc(C)c1C(=O)N1CC2=CN(CCC3(c4ccccc4)CN(C(=O)C4(O)CC4)C3)CC2C1. The van der Waals surface area contributed by atoms with Gasteiger partial charge in [-0.1, -0.05) is 30.3 Å². The summed E-state index contributed by atoms with van der Waals surface area (Å²) >= 11 is 0. The number of rotatable bonds is 6. The third-order valence-corrected chi connectivity index (χ3v) is 8.53. The van der Waals surface area contributed by atoms with Gasteiger partial charge in [0.1, 0.15) is 11.9 Å². The van der Waals surface area contributed by atoms with Crippen molar-refractivity contribution >= 4 is 11.8 Å². The van der Waals surface area contributed by atoms with Crippen molar-refractivity contribution in [3.8, 4) is 0 Å². The van der Waals surface area contributed by atoms with E-state index in [1.807, 2.05) is 29.7 Å². The minimum atomic E-state index is -1.11. The molecule has 1 aliphatic carbocycles. The average molecular weight is 488 g/mol. The minimum Gasteiger partial charge on any atom is -0.380 e. The second-order valence-electron chi connectivity index (χ2n) is 11.1. The van der Waals surface area contributed by atoms with Crippen LogP contribution in [0.4, 0.5) is 0 Å². The molecule has 2 saturated heterocycles. The maximum absolute atomic E-state index is 13.2. The number of hydrogen-bond acceptors (Lipinski definition) is 6. The van der Waals surface area contributed by atoms with Crippen LogP contribution in [-0.2, 0) is 10.2 Å². The van der Waals surface area contributed by atoms with Gasteiger partial charge in [-0.3, -0.25) is 9.59 Å². The lowest BCUT2D eigenvalue weighted by molar-refractivity contribution is -0.151. The van der Waals surface area contributed by atoms with Gasteiger partial charge < -0.3 is 19.8 Å². The number of fused-ring (bicyclic) bond motifs is 1. The number of amides is 2. The third-order valence-electron chi connectivity index (χ3n) is 8.53. The highest BCUT2D eigenvalue weighted by Gasteiger charge is 2.56. The van der Waals surface area contributed by atoms with E-state index in [1.165, 1.54) is 17.5 Å². The lowest BCUT2D eigenvalue weighted by Crippen LogP contribution is -2.64. The van der Waals surface area contributed by atoms with Crippen molar-refractivity contribution in [2.45, 2.75) is 44.1 Å². The highest BCUT2D eigenvalue weighted by atomic mass is 16.3. The predicted octanol–water partition coefficient (Wildman–Crippen LogP) is 2.06. The summed E-state index contributed by atoms with van der Waals surface area (Å²) in [5.41, 5.74) is 3.47. The summed E-state index contributed by atoms with van der Waals surface area (Å²) in [5.74, 6) is 0.272. The van der Waals surface area contributed by atoms with Gasteiger partial charge in [0.15, 0.2) is 0 Å². The van der Waals surface area contributed by atoms with Crippen molar-refractivity contribution in [2.75, 3.05) is 39.3 Å². The molecular weight excluding hydrogens is 454 g/mol. The molecule has 6 rings (SSSR count). The molecule has 2 amide bonds. The molecule has 1 aromatic heterocycles. The summed E-state index contributed by atoms with van der Waals surface area (Å²) in [6, 6.07) is 10.5. The van der Waals surface area contributed by atoms with Gasteiger partial charge in [0, 0.05) is 56.8 Å². The van der Waals surface area contributed by atoms with E-state index in [0.717, 1.165) is 37.4 Å². The van der Waals surface area contributed by atoms with E-state index in [9.17, 15) is 14.7 Å². The molecule has 0 radical (unpaired) electrons. The van der Waals surface area contributed by atoms with Crippen LogP contribution in [0.2, 0.25) is 0 Å². The molecule has 1 aromatic carbocycles. The van der Waals surface area contributed by atoms with Crippen molar-refractivity contribution in [2.24, 2.45) is 5.92 Å². The number of likely N-dealkylation sites (tertiary alicyclic amines) is 2. The molecule has 1 N–H and O–H groups in total. The van der Waals surface area contributed by atoms with Crippen LogP contribution in [0.3, 0.4) is 0 Å². The van der Waals surface area contributed by atoms with Crippen molar-refractivity contribution in [1.82, 2.24) is 24.7 Å². The van der Waals surface area contributed by atoms with Crippen molar-refractivity contribution in [3.05, 3.63) is 70.9 Å². The van der Waals surface area contributed by atoms with Crippen molar-refractivity contribution in [3.63, 3.8) is 0 Å². The van der Waals surface area contributed by atoms with Crippen LogP contribution < -0.4 is 0 Å². The van der Waals surface area contributed by atoms with E-state index in [1.54, 1.807) is 0 Å². The molecule has 188 valence electrons. The maximum atomic E-state index is 13.2. The first-order chi connectivity index (χ1) is 17.3. The van der Waals surface area contributed by atoms with Gasteiger partial charge in [-0.25, -0.2) is 9.97 Å². The Morgan fingerprint density at radius 1 is 1.03 bits per heavy atom. The molecule has 2 aromatic rings. The monoisotopic (exact) mass is 487 g/mol. The number of carbonyl (C=O) groups excluding carboxylic acids is 2. The molecule has 1 saturated carbocycles. The number of benzene rings is 1. The summed E-state index contributed by atoms with van der Waals surface area (Å²) in [5, 5.41) is 10.3. The summed E-state index contributed by atoms with van der Waals surface area (Å²) < 4.78 is 0. The molecule has 0 bridgehead atoms. The molecule has 3 fully saturated rings. The first-order valence-corrected chi connectivity index (χ1v) is 12.9. The fraction of sp³-hybridized carbons (Fsp3) is 0.500. The predicted molar refractivity (Wildman–Crippen MR) is 134 cm³/mol. The number of hydrogen-bond donors (Lipinski definition) is 1. The number of aliphatic hydroxyl groups is 1. The van der Waals surface area contributed by atoms with Crippen molar-refractivity contribution < 1.29 is 14.7 Å². The van der Waals surface area contributed by atoms with E-state index in [-0.39, 0.29) is 17.2 Å². The topological polar surface area (TPSA) is 89.9 Å². The summed E-state index contributed by atoms with van der Waals surface area (Å²) in [7, 11) is 0. The molecule has 8 heteroatoms. The summed E-state index contributed by atoms with van der Waals surface area (Å²) in [6.07, 6.45) is 5.86. The van der Waals surface area contributed by atoms with Gasteiger partial charge in [0.05, 0.1) is 17.0 Å². The highest BCUT2D eigenvalue weighted by molar-refractivity contribution is 5.96. The van der Waals surface area contributed by atoms with Gasteiger partial charge in [-0.15, -0.1) is 0 Å². The third kappa shape index (κ3) is 3.88. The smallest absolute Gasteiger partial charge is 0.257 e. The van der Waals surface area contributed by atoms with Gasteiger partial charge in [-0.05, 0) is 44.2 Å². The molecule has 8 nitrogen and oxygen atoms in total. The van der Waals surface area contributed by atoms with E-state index in [4.69, 9.17) is 0 Å². The Kier molecular flexibility index (Phi) is 5.41.